The molecule has 6 heteroatoms. The van der Waals surface area contributed by atoms with E-state index in [0.717, 1.165) is 10.0 Å². The van der Waals surface area contributed by atoms with E-state index in [0.29, 0.717) is 12.2 Å². The van der Waals surface area contributed by atoms with E-state index in [2.05, 4.69) is 20.9 Å². The third-order valence-electron chi connectivity index (χ3n) is 3.06. The topological polar surface area (TPSA) is 42.4 Å². The van der Waals surface area contributed by atoms with Crippen molar-refractivity contribution in [3.05, 3.63) is 58.6 Å². The van der Waals surface area contributed by atoms with Gasteiger partial charge in [-0.05, 0) is 39.7 Å². The molecular weight excluding hydrogens is 327 g/mol. The number of amides is 1. The second-order valence-electron chi connectivity index (χ2n) is 4.40. The van der Waals surface area contributed by atoms with E-state index in [9.17, 15) is 9.18 Å². The van der Waals surface area contributed by atoms with Crippen LogP contribution in [-0.2, 0) is 4.74 Å². The van der Waals surface area contributed by atoms with Gasteiger partial charge in [-0.1, -0.05) is 12.1 Å². The van der Waals surface area contributed by atoms with Crippen LogP contribution in [0.25, 0.3) is 0 Å². The summed E-state index contributed by atoms with van der Waals surface area (Å²) in [6.07, 6.45) is 2.41. The van der Waals surface area contributed by atoms with E-state index < -0.39 is 12.2 Å². The lowest BCUT2D eigenvalue weighted by Gasteiger charge is -2.12. The van der Waals surface area contributed by atoms with Crippen LogP contribution in [0, 0.1) is 5.82 Å². The molecule has 1 unspecified atom stereocenters. The molecule has 2 heterocycles. The van der Waals surface area contributed by atoms with Gasteiger partial charge in [-0.25, -0.2) is 9.18 Å². The zero-order chi connectivity index (χ0) is 14.1. The van der Waals surface area contributed by atoms with Crippen LogP contribution < -0.4 is 4.90 Å². The van der Waals surface area contributed by atoms with Gasteiger partial charge in [0.15, 0.2) is 0 Å². The van der Waals surface area contributed by atoms with Crippen molar-refractivity contribution in [3.8, 4) is 0 Å². The lowest BCUT2D eigenvalue weighted by molar-refractivity contribution is 0.142. The van der Waals surface area contributed by atoms with Crippen LogP contribution in [0.15, 0.2) is 47.2 Å². The molecule has 2 aromatic rings. The fourth-order valence-corrected chi connectivity index (χ4v) is 2.43. The standard InChI is InChI=1S/C14H10BrFN2O2/c15-10-5-12(7-17-6-10)18-8-13(20-14(18)19)9-1-3-11(16)4-2-9/h1-7,13H,8H2. The fourth-order valence-electron chi connectivity index (χ4n) is 2.07. The first-order chi connectivity index (χ1) is 9.63. The number of cyclic esters (lactones) is 1. The summed E-state index contributed by atoms with van der Waals surface area (Å²) in [6, 6.07) is 7.74. The van der Waals surface area contributed by atoms with Crippen molar-refractivity contribution in [2.75, 3.05) is 11.4 Å². The van der Waals surface area contributed by atoms with Crippen molar-refractivity contribution >= 4 is 27.7 Å². The van der Waals surface area contributed by atoms with Crippen molar-refractivity contribution in [2.24, 2.45) is 0 Å². The van der Waals surface area contributed by atoms with Crippen molar-refractivity contribution < 1.29 is 13.9 Å². The van der Waals surface area contributed by atoms with Gasteiger partial charge >= 0.3 is 6.09 Å². The number of hydrogen-bond donors (Lipinski definition) is 0. The van der Waals surface area contributed by atoms with Crippen LogP contribution >= 0.6 is 15.9 Å². The predicted octanol–water partition coefficient (Wildman–Crippen LogP) is 3.68. The van der Waals surface area contributed by atoms with E-state index in [1.54, 1.807) is 30.6 Å². The van der Waals surface area contributed by atoms with Gasteiger partial charge in [0.05, 0.1) is 18.4 Å². The summed E-state index contributed by atoms with van der Waals surface area (Å²) >= 11 is 3.31. The van der Waals surface area contributed by atoms with Crippen LogP contribution in [-0.4, -0.2) is 17.6 Å². The van der Waals surface area contributed by atoms with Crippen molar-refractivity contribution in [1.29, 1.82) is 0 Å². The lowest BCUT2D eigenvalue weighted by atomic mass is 10.1. The molecule has 1 aromatic heterocycles. The summed E-state index contributed by atoms with van der Waals surface area (Å²) < 4.78 is 19.0. The number of rotatable bonds is 2. The van der Waals surface area contributed by atoms with Gasteiger partial charge in [0.1, 0.15) is 11.9 Å². The Morgan fingerprint density at radius 3 is 2.75 bits per heavy atom. The number of carbonyl (C=O) groups is 1. The number of halogens is 2. The molecular formula is C14H10BrFN2O2. The second-order valence-corrected chi connectivity index (χ2v) is 5.31. The molecule has 0 N–H and O–H groups in total. The number of aromatic nitrogens is 1. The number of hydrogen-bond acceptors (Lipinski definition) is 3. The zero-order valence-corrected chi connectivity index (χ0v) is 11.9. The minimum Gasteiger partial charge on any atom is -0.439 e. The highest BCUT2D eigenvalue weighted by Gasteiger charge is 2.33. The average Bonchev–Trinajstić information content (AvgIpc) is 2.82. The highest BCUT2D eigenvalue weighted by Crippen LogP contribution is 2.30. The third kappa shape index (κ3) is 2.51. The van der Waals surface area contributed by atoms with Crippen LogP contribution in [0.3, 0.4) is 0 Å². The lowest BCUT2D eigenvalue weighted by Crippen LogP contribution is -2.23. The van der Waals surface area contributed by atoms with Gasteiger partial charge in [0, 0.05) is 10.7 Å². The van der Waals surface area contributed by atoms with E-state index in [1.807, 2.05) is 0 Å². The summed E-state index contributed by atoms with van der Waals surface area (Å²) in [7, 11) is 0. The predicted molar refractivity (Wildman–Crippen MR) is 74.9 cm³/mol. The number of nitrogens with zero attached hydrogens (tertiary/aromatic N) is 2. The molecule has 1 saturated heterocycles. The molecule has 0 radical (unpaired) electrons. The summed E-state index contributed by atoms with van der Waals surface area (Å²) in [6.45, 7) is 0.378. The molecule has 3 rings (SSSR count). The summed E-state index contributed by atoms with van der Waals surface area (Å²) in [5, 5.41) is 0. The van der Waals surface area contributed by atoms with Crippen LogP contribution in [0.2, 0.25) is 0 Å². The number of ether oxygens (including phenoxy) is 1. The minimum absolute atomic E-state index is 0.314. The van der Waals surface area contributed by atoms with E-state index in [1.165, 1.54) is 17.0 Å². The Morgan fingerprint density at radius 1 is 1.30 bits per heavy atom. The molecule has 20 heavy (non-hydrogen) atoms. The van der Waals surface area contributed by atoms with Gasteiger partial charge in [0.2, 0.25) is 0 Å². The highest BCUT2D eigenvalue weighted by molar-refractivity contribution is 9.10. The Balaban J connectivity index is 1.83. The minimum atomic E-state index is -0.431. The van der Waals surface area contributed by atoms with Crippen molar-refractivity contribution in [1.82, 2.24) is 4.98 Å². The number of benzene rings is 1. The van der Waals surface area contributed by atoms with Gasteiger partial charge in [-0.2, -0.15) is 0 Å². The maximum atomic E-state index is 12.9. The number of carbonyl (C=O) groups excluding carboxylic acids is 1. The number of anilines is 1. The summed E-state index contributed by atoms with van der Waals surface area (Å²) in [5.41, 5.74) is 1.43. The van der Waals surface area contributed by atoms with Crippen LogP contribution in [0.1, 0.15) is 11.7 Å². The average molecular weight is 337 g/mol. The fraction of sp³-hybridized carbons (Fsp3) is 0.143. The molecule has 1 fully saturated rings. The zero-order valence-electron chi connectivity index (χ0n) is 10.3. The first kappa shape index (κ1) is 13.1. The first-order valence-electron chi connectivity index (χ1n) is 5.97. The molecule has 1 amide bonds. The molecule has 0 spiro atoms. The molecule has 1 aliphatic heterocycles. The Bertz CT molecular complexity index is 648. The Kier molecular flexibility index (Phi) is 3.40. The molecule has 0 saturated carbocycles. The molecule has 1 atom stereocenters. The second kappa shape index (κ2) is 5.20. The maximum absolute atomic E-state index is 12.9. The monoisotopic (exact) mass is 336 g/mol. The van der Waals surface area contributed by atoms with Gasteiger partial charge in [-0.3, -0.25) is 9.88 Å². The quantitative estimate of drug-likeness (QED) is 0.840. The molecule has 0 bridgehead atoms. The Morgan fingerprint density at radius 2 is 2.05 bits per heavy atom. The summed E-state index contributed by atoms with van der Waals surface area (Å²) in [5.74, 6) is -0.314. The van der Waals surface area contributed by atoms with Crippen molar-refractivity contribution in [2.45, 2.75) is 6.10 Å². The largest absolute Gasteiger partial charge is 0.439 e. The van der Waals surface area contributed by atoms with E-state index in [-0.39, 0.29) is 5.82 Å². The Labute approximate surface area is 123 Å². The SMILES string of the molecule is O=C1OC(c2ccc(F)cc2)CN1c1cncc(Br)c1. The van der Waals surface area contributed by atoms with Crippen molar-refractivity contribution in [3.63, 3.8) is 0 Å². The molecule has 1 aliphatic rings. The van der Waals surface area contributed by atoms with Gasteiger partial charge in [0.25, 0.3) is 0 Å². The number of pyridine rings is 1. The van der Waals surface area contributed by atoms with Gasteiger partial charge < -0.3 is 4.74 Å². The van der Waals surface area contributed by atoms with Gasteiger partial charge in [-0.15, -0.1) is 0 Å². The smallest absolute Gasteiger partial charge is 0.415 e. The van der Waals surface area contributed by atoms with Crippen LogP contribution in [0.4, 0.5) is 14.9 Å². The highest BCUT2D eigenvalue weighted by atomic mass is 79.9. The third-order valence-corrected chi connectivity index (χ3v) is 3.49. The maximum Gasteiger partial charge on any atom is 0.415 e. The normalized spacial score (nSPS) is 18.2. The molecule has 0 aliphatic carbocycles. The van der Waals surface area contributed by atoms with Crippen LogP contribution in [0.5, 0.6) is 0 Å². The molecule has 1 aromatic carbocycles. The first-order valence-corrected chi connectivity index (χ1v) is 6.77. The Hall–Kier alpha value is -1.95. The van der Waals surface area contributed by atoms with E-state index >= 15 is 0 Å². The summed E-state index contributed by atoms with van der Waals surface area (Å²) in [4.78, 5) is 17.5. The van der Waals surface area contributed by atoms with E-state index in [4.69, 9.17) is 4.74 Å². The molecule has 4 nitrogen and oxygen atoms in total. The molecule has 102 valence electrons.